The summed E-state index contributed by atoms with van der Waals surface area (Å²) in [6.45, 7) is 1.86. The molecule has 0 unspecified atom stereocenters. The Kier molecular flexibility index (Phi) is 3.68. The molecule has 2 rings (SSSR count). The molecule has 1 aliphatic rings. The van der Waals surface area contributed by atoms with Gasteiger partial charge in [0.25, 0.3) is 10.0 Å². The Labute approximate surface area is 116 Å². The number of rotatable bonds is 2. The zero-order valence-electron chi connectivity index (χ0n) is 10.00. The number of aryl methyl sites for hydroxylation is 1. The van der Waals surface area contributed by atoms with E-state index in [-0.39, 0.29) is 21.4 Å². The molecule has 0 radical (unpaired) electrons. The Morgan fingerprint density at radius 2 is 1.74 bits per heavy atom. The van der Waals surface area contributed by atoms with Crippen molar-refractivity contribution in [2.45, 2.75) is 11.8 Å². The number of sulfonamides is 1. The van der Waals surface area contributed by atoms with Crippen LogP contribution in [0, 0.1) is 6.92 Å². The minimum atomic E-state index is -3.83. The molecule has 0 aliphatic heterocycles. The maximum absolute atomic E-state index is 12.0. The third kappa shape index (κ3) is 3.19. The molecule has 1 aromatic rings. The summed E-state index contributed by atoms with van der Waals surface area (Å²) in [7, 11) is -3.83. The summed E-state index contributed by atoms with van der Waals surface area (Å²) in [6.07, 6.45) is 3.64. The highest BCUT2D eigenvalue weighted by Gasteiger charge is 2.16. The SMILES string of the molecule is Cc1ccc(S(=O)(=O)/N=C2\C=CC(=O)C=C2Cl)cc1. The van der Waals surface area contributed by atoms with Crippen LogP contribution in [-0.4, -0.2) is 19.9 Å². The van der Waals surface area contributed by atoms with Crippen LogP contribution < -0.4 is 0 Å². The predicted molar refractivity (Wildman–Crippen MR) is 73.9 cm³/mol. The van der Waals surface area contributed by atoms with Gasteiger partial charge in [0.05, 0.1) is 15.6 Å². The second-order valence-electron chi connectivity index (χ2n) is 3.99. The van der Waals surface area contributed by atoms with E-state index >= 15 is 0 Å². The van der Waals surface area contributed by atoms with Crippen molar-refractivity contribution in [3.8, 4) is 0 Å². The van der Waals surface area contributed by atoms with Crippen LogP contribution in [0.3, 0.4) is 0 Å². The monoisotopic (exact) mass is 295 g/mol. The Hall–Kier alpha value is -1.72. The van der Waals surface area contributed by atoms with Gasteiger partial charge in [-0.2, -0.15) is 12.8 Å². The van der Waals surface area contributed by atoms with Crippen LogP contribution in [0.2, 0.25) is 0 Å². The van der Waals surface area contributed by atoms with Crippen LogP contribution in [-0.2, 0) is 14.8 Å². The van der Waals surface area contributed by atoms with Crippen molar-refractivity contribution in [2.24, 2.45) is 4.40 Å². The van der Waals surface area contributed by atoms with Crippen molar-refractivity contribution < 1.29 is 13.2 Å². The average molecular weight is 296 g/mol. The smallest absolute Gasteiger partial charge is 0.282 e. The topological polar surface area (TPSA) is 63.6 Å². The normalized spacial score (nSPS) is 17.7. The number of hydrogen-bond acceptors (Lipinski definition) is 3. The Morgan fingerprint density at radius 1 is 1.11 bits per heavy atom. The lowest BCUT2D eigenvalue weighted by Gasteiger charge is -2.05. The molecule has 0 N–H and O–H groups in total. The first kappa shape index (κ1) is 13.7. The lowest BCUT2D eigenvalue weighted by atomic mass is 10.2. The van der Waals surface area contributed by atoms with Gasteiger partial charge in [0.2, 0.25) is 0 Å². The fourth-order valence-electron chi connectivity index (χ4n) is 1.45. The summed E-state index contributed by atoms with van der Waals surface area (Å²) in [5, 5.41) is 0.0168. The quantitative estimate of drug-likeness (QED) is 0.787. The van der Waals surface area contributed by atoms with E-state index in [1.807, 2.05) is 6.92 Å². The first-order chi connectivity index (χ1) is 8.88. The summed E-state index contributed by atoms with van der Waals surface area (Å²) in [6, 6.07) is 6.32. The average Bonchev–Trinajstić information content (AvgIpc) is 2.33. The molecule has 6 heteroatoms. The van der Waals surface area contributed by atoms with Gasteiger partial charge in [0, 0.05) is 6.08 Å². The molecule has 0 aromatic heterocycles. The molecule has 0 bridgehead atoms. The summed E-state index contributed by atoms with van der Waals surface area (Å²) in [4.78, 5) is 11.1. The Bertz CT molecular complexity index is 713. The highest BCUT2D eigenvalue weighted by molar-refractivity contribution is 7.90. The number of halogens is 1. The second-order valence-corrected chi connectivity index (χ2v) is 6.00. The maximum Gasteiger partial charge on any atom is 0.282 e. The van der Waals surface area contributed by atoms with Gasteiger partial charge in [0.15, 0.2) is 5.78 Å². The molecule has 4 nitrogen and oxygen atoms in total. The van der Waals surface area contributed by atoms with E-state index in [0.29, 0.717) is 0 Å². The van der Waals surface area contributed by atoms with E-state index < -0.39 is 10.0 Å². The summed E-state index contributed by atoms with van der Waals surface area (Å²) >= 11 is 5.79. The highest BCUT2D eigenvalue weighted by atomic mass is 35.5. The van der Waals surface area contributed by atoms with Gasteiger partial charge in [-0.1, -0.05) is 29.3 Å². The van der Waals surface area contributed by atoms with Gasteiger partial charge < -0.3 is 0 Å². The molecule has 1 aliphatic carbocycles. The van der Waals surface area contributed by atoms with Gasteiger partial charge in [-0.25, -0.2) is 0 Å². The molecule has 0 amide bonds. The Morgan fingerprint density at radius 3 is 2.32 bits per heavy atom. The van der Waals surface area contributed by atoms with Crippen LogP contribution in [0.15, 0.2) is 56.8 Å². The summed E-state index contributed by atoms with van der Waals surface area (Å²) in [5.41, 5.74) is 1.01. The van der Waals surface area contributed by atoms with E-state index in [1.165, 1.54) is 24.3 Å². The largest absolute Gasteiger partial charge is 0.290 e. The van der Waals surface area contributed by atoms with Crippen LogP contribution in [0.5, 0.6) is 0 Å². The summed E-state index contributed by atoms with van der Waals surface area (Å²) in [5.74, 6) is -0.295. The van der Waals surface area contributed by atoms with Gasteiger partial charge in [-0.05, 0) is 31.2 Å². The van der Waals surface area contributed by atoms with Gasteiger partial charge in [-0.15, -0.1) is 0 Å². The lowest BCUT2D eigenvalue weighted by molar-refractivity contribution is -0.110. The van der Waals surface area contributed by atoms with Crippen LogP contribution in [0.25, 0.3) is 0 Å². The molecule has 98 valence electrons. The highest BCUT2D eigenvalue weighted by Crippen LogP contribution is 2.18. The molecule has 19 heavy (non-hydrogen) atoms. The van der Waals surface area contributed by atoms with Gasteiger partial charge in [-0.3, -0.25) is 4.79 Å². The van der Waals surface area contributed by atoms with Crippen molar-refractivity contribution in [3.63, 3.8) is 0 Å². The van der Waals surface area contributed by atoms with E-state index in [9.17, 15) is 13.2 Å². The van der Waals surface area contributed by atoms with Crippen molar-refractivity contribution in [1.29, 1.82) is 0 Å². The second kappa shape index (κ2) is 5.11. The van der Waals surface area contributed by atoms with E-state index in [0.717, 1.165) is 11.6 Å². The van der Waals surface area contributed by atoms with Gasteiger partial charge in [0.1, 0.15) is 0 Å². The minimum Gasteiger partial charge on any atom is -0.290 e. The first-order valence-electron chi connectivity index (χ1n) is 5.40. The molecule has 0 fully saturated rings. The summed E-state index contributed by atoms with van der Waals surface area (Å²) < 4.78 is 27.7. The zero-order valence-corrected chi connectivity index (χ0v) is 11.6. The fourth-order valence-corrected chi connectivity index (χ4v) is 2.72. The van der Waals surface area contributed by atoms with Crippen molar-refractivity contribution in [1.82, 2.24) is 0 Å². The molecule has 0 atom stereocenters. The molecular weight excluding hydrogens is 286 g/mol. The number of carbonyl (C=O) groups is 1. The van der Waals surface area contributed by atoms with Crippen LogP contribution >= 0.6 is 11.6 Å². The number of carbonyl (C=O) groups excluding carboxylic acids is 1. The molecule has 0 spiro atoms. The number of ketones is 1. The van der Waals surface area contributed by atoms with E-state index in [4.69, 9.17) is 11.6 Å². The first-order valence-corrected chi connectivity index (χ1v) is 7.21. The van der Waals surface area contributed by atoms with Crippen molar-refractivity contribution in [3.05, 3.63) is 53.1 Å². The third-order valence-electron chi connectivity index (χ3n) is 2.46. The van der Waals surface area contributed by atoms with Crippen molar-refractivity contribution in [2.75, 3.05) is 0 Å². The molecule has 0 saturated carbocycles. The predicted octanol–water partition coefficient (Wildman–Crippen LogP) is 2.39. The number of nitrogens with zero attached hydrogens (tertiary/aromatic N) is 1. The van der Waals surface area contributed by atoms with E-state index in [2.05, 4.69) is 4.40 Å². The number of allylic oxidation sites excluding steroid dienone is 4. The zero-order chi connectivity index (χ0) is 14.0. The molecule has 0 saturated heterocycles. The lowest BCUT2D eigenvalue weighted by Crippen LogP contribution is -2.08. The van der Waals surface area contributed by atoms with Crippen molar-refractivity contribution >= 4 is 33.1 Å². The third-order valence-corrected chi connectivity index (χ3v) is 4.06. The Balaban J connectivity index is 2.42. The van der Waals surface area contributed by atoms with Crippen LogP contribution in [0.1, 0.15) is 5.56 Å². The fraction of sp³-hybridized carbons (Fsp3) is 0.0769. The minimum absolute atomic E-state index is 0.0168. The molecule has 0 heterocycles. The number of hydrogen-bond donors (Lipinski definition) is 0. The molecular formula is C13H10ClNO3S. The van der Waals surface area contributed by atoms with Gasteiger partial charge >= 0.3 is 0 Å². The van der Waals surface area contributed by atoms with Crippen LogP contribution in [0.4, 0.5) is 0 Å². The number of benzene rings is 1. The standard InChI is InChI=1S/C13H10ClNO3S/c1-9-2-5-11(6-3-9)19(17,18)15-13-7-4-10(16)8-12(13)14/h2-8H,1H3/b15-13+. The molecule has 1 aromatic carbocycles. The maximum atomic E-state index is 12.0. The van der Waals surface area contributed by atoms with E-state index in [1.54, 1.807) is 12.1 Å².